The van der Waals surface area contributed by atoms with E-state index in [9.17, 15) is 4.79 Å². The number of benzene rings is 1. The summed E-state index contributed by atoms with van der Waals surface area (Å²) in [4.78, 5) is 14.6. The molecule has 1 unspecified atom stereocenters. The predicted octanol–water partition coefficient (Wildman–Crippen LogP) is 2.82. The van der Waals surface area contributed by atoms with Gasteiger partial charge in [0.25, 0.3) is 0 Å². The fraction of sp³-hybridized carbons (Fsp3) is 0.474. The molecule has 0 saturated carbocycles. The molecule has 2 N–H and O–H groups in total. The van der Waals surface area contributed by atoms with E-state index in [4.69, 9.17) is 4.74 Å². The third-order valence-corrected chi connectivity index (χ3v) is 5.11. The zero-order valence-electron chi connectivity index (χ0n) is 14.3. The molecule has 0 bridgehead atoms. The van der Waals surface area contributed by atoms with Crippen LogP contribution in [0, 0.1) is 0 Å². The Balaban J connectivity index is 1.33. The average Bonchev–Trinajstić information content (AvgIpc) is 3.33. The molecular weight excluding hydrogens is 316 g/mol. The van der Waals surface area contributed by atoms with E-state index in [1.807, 2.05) is 23.4 Å². The smallest absolute Gasteiger partial charge is 0.317 e. The Bertz CT molecular complexity index is 729. The average molecular weight is 340 g/mol. The van der Waals surface area contributed by atoms with Gasteiger partial charge < -0.3 is 15.0 Å². The number of likely N-dealkylation sites (tertiary alicyclic amines) is 1. The number of urea groups is 1. The SMILES string of the molecule is O=C(NCCc1ccc2c(c1)CCO2)N1CCCCC1c1cn[nH]c1. The monoisotopic (exact) mass is 340 g/mol. The molecule has 132 valence electrons. The van der Waals surface area contributed by atoms with Crippen molar-refractivity contribution in [2.75, 3.05) is 19.7 Å². The lowest BCUT2D eigenvalue weighted by Gasteiger charge is -2.35. The number of ether oxygens (including phenoxy) is 1. The van der Waals surface area contributed by atoms with Crippen LogP contribution in [-0.4, -0.2) is 40.8 Å². The first-order chi connectivity index (χ1) is 12.3. The Kier molecular flexibility index (Phi) is 4.59. The zero-order valence-corrected chi connectivity index (χ0v) is 14.3. The molecule has 25 heavy (non-hydrogen) atoms. The molecule has 0 aliphatic carbocycles. The molecule has 4 rings (SSSR count). The van der Waals surface area contributed by atoms with Crippen LogP contribution in [0.15, 0.2) is 30.6 Å². The molecule has 2 aliphatic heterocycles. The summed E-state index contributed by atoms with van der Waals surface area (Å²) in [6.45, 7) is 2.23. The molecule has 2 amide bonds. The van der Waals surface area contributed by atoms with E-state index in [-0.39, 0.29) is 12.1 Å². The van der Waals surface area contributed by atoms with Crippen molar-refractivity contribution in [3.8, 4) is 5.75 Å². The van der Waals surface area contributed by atoms with Crippen LogP contribution in [0.4, 0.5) is 4.79 Å². The largest absolute Gasteiger partial charge is 0.493 e. The van der Waals surface area contributed by atoms with Gasteiger partial charge in [0.05, 0.1) is 18.8 Å². The highest BCUT2D eigenvalue weighted by Crippen LogP contribution is 2.30. The van der Waals surface area contributed by atoms with Gasteiger partial charge in [0.1, 0.15) is 5.75 Å². The highest BCUT2D eigenvalue weighted by molar-refractivity contribution is 5.74. The van der Waals surface area contributed by atoms with Gasteiger partial charge in [0, 0.05) is 31.3 Å². The van der Waals surface area contributed by atoms with Gasteiger partial charge >= 0.3 is 6.03 Å². The van der Waals surface area contributed by atoms with Gasteiger partial charge in [-0.1, -0.05) is 12.1 Å². The highest BCUT2D eigenvalue weighted by Gasteiger charge is 2.28. The van der Waals surface area contributed by atoms with Gasteiger partial charge in [-0.3, -0.25) is 5.10 Å². The summed E-state index contributed by atoms with van der Waals surface area (Å²) in [6, 6.07) is 6.48. The topological polar surface area (TPSA) is 70.2 Å². The maximum atomic E-state index is 12.6. The van der Waals surface area contributed by atoms with Crippen molar-refractivity contribution in [1.29, 1.82) is 0 Å². The Labute approximate surface area is 147 Å². The molecule has 0 radical (unpaired) electrons. The molecule has 1 atom stereocenters. The summed E-state index contributed by atoms with van der Waals surface area (Å²) in [5, 5.41) is 9.97. The van der Waals surface area contributed by atoms with Crippen LogP contribution in [0.1, 0.15) is 42.0 Å². The number of H-pyrrole nitrogens is 1. The maximum Gasteiger partial charge on any atom is 0.317 e. The van der Waals surface area contributed by atoms with E-state index in [0.717, 1.165) is 56.6 Å². The molecule has 1 aromatic carbocycles. The summed E-state index contributed by atoms with van der Waals surface area (Å²) < 4.78 is 5.54. The standard InChI is InChI=1S/C19H24N4O2/c24-19(23-9-2-1-3-17(23)16-12-21-22-13-16)20-8-6-14-4-5-18-15(11-14)7-10-25-18/h4-5,11-13,17H,1-3,6-10H2,(H,20,24)(H,21,22). The molecule has 3 heterocycles. The third-order valence-electron chi connectivity index (χ3n) is 5.11. The number of hydrogen-bond donors (Lipinski definition) is 2. The number of carbonyl (C=O) groups is 1. The molecule has 6 heteroatoms. The number of aromatic amines is 1. The van der Waals surface area contributed by atoms with Gasteiger partial charge in [0.2, 0.25) is 0 Å². The molecule has 1 fully saturated rings. The van der Waals surface area contributed by atoms with Gasteiger partial charge in [-0.2, -0.15) is 5.10 Å². The number of piperidine rings is 1. The molecular formula is C19H24N4O2. The Hall–Kier alpha value is -2.50. The van der Waals surface area contributed by atoms with Crippen LogP contribution < -0.4 is 10.1 Å². The summed E-state index contributed by atoms with van der Waals surface area (Å²) in [5.74, 6) is 1.00. The van der Waals surface area contributed by atoms with Gasteiger partial charge in [0.15, 0.2) is 0 Å². The van der Waals surface area contributed by atoms with E-state index >= 15 is 0 Å². The zero-order chi connectivity index (χ0) is 17.1. The Morgan fingerprint density at radius 2 is 2.36 bits per heavy atom. The second-order valence-electron chi connectivity index (χ2n) is 6.76. The number of nitrogens with one attached hydrogen (secondary N) is 2. The highest BCUT2D eigenvalue weighted by atomic mass is 16.5. The van der Waals surface area contributed by atoms with Crippen molar-refractivity contribution in [2.24, 2.45) is 0 Å². The first kappa shape index (κ1) is 16.0. The van der Waals surface area contributed by atoms with Crippen LogP contribution in [0.2, 0.25) is 0 Å². The Morgan fingerprint density at radius 3 is 3.24 bits per heavy atom. The van der Waals surface area contributed by atoms with Crippen LogP contribution >= 0.6 is 0 Å². The minimum absolute atomic E-state index is 0.0235. The van der Waals surface area contributed by atoms with E-state index in [1.54, 1.807) is 0 Å². The fourth-order valence-corrected chi connectivity index (χ4v) is 3.78. The van der Waals surface area contributed by atoms with E-state index in [1.165, 1.54) is 11.1 Å². The normalized spacial score (nSPS) is 19.4. The van der Waals surface area contributed by atoms with Gasteiger partial charge in [-0.05, 0) is 42.9 Å². The van der Waals surface area contributed by atoms with Crippen LogP contribution in [-0.2, 0) is 12.8 Å². The maximum absolute atomic E-state index is 12.6. The van der Waals surface area contributed by atoms with E-state index in [2.05, 4.69) is 27.6 Å². The van der Waals surface area contributed by atoms with Crippen molar-refractivity contribution in [3.63, 3.8) is 0 Å². The predicted molar refractivity (Wildman–Crippen MR) is 94.6 cm³/mol. The quantitative estimate of drug-likeness (QED) is 0.899. The van der Waals surface area contributed by atoms with Crippen molar-refractivity contribution in [2.45, 2.75) is 38.1 Å². The molecule has 2 aliphatic rings. The number of rotatable bonds is 4. The summed E-state index contributed by atoms with van der Waals surface area (Å²) in [5.41, 5.74) is 3.61. The van der Waals surface area contributed by atoms with Gasteiger partial charge in [-0.15, -0.1) is 0 Å². The lowest BCUT2D eigenvalue weighted by molar-refractivity contribution is 0.151. The van der Waals surface area contributed by atoms with E-state index < -0.39 is 0 Å². The lowest BCUT2D eigenvalue weighted by Crippen LogP contribution is -2.45. The summed E-state index contributed by atoms with van der Waals surface area (Å²) in [7, 11) is 0. The molecule has 1 saturated heterocycles. The van der Waals surface area contributed by atoms with Crippen molar-refractivity contribution >= 4 is 6.03 Å². The number of aromatic nitrogens is 2. The minimum atomic E-state index is 0.0235. The molecule has 0 spiro atoms. The Morgan fingerprint density at radius 1 is 1.40 bits per heavy atom. The molecule has 1 aromatic heterocycles. The summed E-state index contributed by atoms with van der Waals surface area (Å²) in [6.07, 6.45) is 8.74. The fourth-order valence-electron chi connectivity index (χ4n) is 3.78. The van der Waals surface area contributed by atoms with Crippen molar-refractivity contribution < 1.29 is 9.53 Å². The van der Waals surface area contributed by atoms with Gasteiger partial charge in [-0.25, -0.2) is 4.79 Å². The summed E-state index contributed by atoms with van der Waals surface area (Å²) >= 11 is 0. The molecule has 6 nitrogen and oxygen atoms in total. The number of hydrogen-bond acceptors (Lipinski definition) is 3. The first-order valence-electron chi connectivity index (χ1n) is 9.09. The second kappa shape index (κ2) is 7.17. The number of carbonyl (C=O) groups excluding carboxylic acids is 1. The lowest BCUT2D eigenvalue weighted by atomic mass is 9.98. The number of amides is 2. The molecule has 2 aromatic rings. The van der Waals surface area contributed by atoms with Crippen LogP contribution in [0.5, 0.6) is 5.75 Å². The second-order valence-corrected chi connectivity index (χ2v) is 6.76. The number of fused-ring (bicyclic) bond motifs is 1. The number of nitrogens with zero attached hydrogens (tertiary/aromatic N) is 2. The van der Waals surface area contributed by atoms with E-state index in [0.29, 0.717) is 6.54 Å². The van der Waals surface area contributed by atoms with Crippen LogP contribution in [0.3, 0.4) is 0 Å². The van der Waals surface area contributed by atoms with Crippen molar-refractivity contribution in [3.05, 3.63) is 47.3 Å². The minimum Gasteiger partial charge on any atom is -0.493 e. The first-order valence-corrected chi connectivity index (χ1v) is 9.09. The van der Waals surface area contributed by atoms with Crippen LogP contribution in [0.25, 0.3) is 0 Å². The third kappa shape index (κ3) is 3.48. The van der Waals surface area contributed by atoms with Crippen molar-refractivity contribution in [1.82, 2.24) is 20.4 Å².